The van der Waals surface area contributed by atoms with E-state index in [0.29, 0.717) is 6.54 Å². The maximum Gasteiger partial charge on any atom is 0.328 e. The summed E-state index contributed by atoms with van der Waals surface area (Å²) in [5.41, 5.74) is 6.56. The van der Waals surface area contributed by atoms with Crippen LogP contribution in [-0.4, -0.2) is 25.2 Å². The summed E-state index contributed by atoms with van der Waals surface area (Å²) < 4.78 is 0. The molecular weight excluding hydrogens is 348 g/mol. The van der Waals surface area contributed by atoms with Gasteiger partial charge in [0.15, 0.2) is 0 Å². The highest BCUT2D eigenvalue weighted by atomic mass is 16.4. The number of rotatable bonds is 7. The summed E-state index contributed by atoms with van der Waals surface area (Å²) in [7, 11) is 4.07. The van der Waals surface area contributed by atoms with Crippen molar-refractivity contribution in [1.29, 1.82) is 0 Å². The number of nitrogens with zero attached hydrogens (tertiary/aromatic N) is 1. The maximum absolute atomic E-state index is 10.6. The van der Waals surface area contributed by atoms with Gasteiger partial charge in [0.1, 0.15) is 0 Å². The molecule has 0 saturated heterocycles. The van der Waals surface area contributed by atoms with Gasteiger partial charge in [-0.05, 0) is 52.6 Å². The van der Waals surface area contributed by atoms with Crippen LogP contribution in [0.25, 0.3) is 17.2 Å². The van der Waals surface area contributed by atoms with Crippen LogP contribution in [0.3, 0.4) is 0 Å². The number of carboxylic acids is 1. The summed E-state index contributed by atoms with van der Waals surface area (Å²) in [5, 5.41) is 12.1. The molecule has 0 saturated carbocycles. The smallest absolute Gasteiger partial charge is 0.328 e. The topological polar surface area (TPSA) is 52.6 Å². The van der Waals surface area contributed by atoms with E-state index in [1.54, 1.807) is 6.08 Å². The fourth-order valence-electron chi connectivity index (χ4n) is 2.89. The number of hydrogen-bond acceptors (Lipinski definition) is 3. The Morgan fingerprint density at radius 3 is 2.21 bits per heavy atom. The van der Waals surface area contributed by atoms with Crippen molar-refractivity contribution < 1.29 is 9.90 Å². The van der Waals surface area contributed by atoms with Crippen molar-refractivity contribution in [3.05, 3.63) is 90.0 Å². The van der Waals surface area contributed by atoms with Crippen LogP contribution in [0.4, 0.5) is 11.4 Å². The number of carbonyl (C=O) groups is 1. The summed E-state index contributed by atoms with van der Waals surface area (Å²) in [6.45, 7) is 0.700. The van der Waals surface area contributed by atoms with Crippen molar-refractivity contribution in [1.82, 2.24) is 0 Å². The summed E-state index contributed by atoms with van der Waals surface area (Å²) in [6, 6.07) is 24.7. The van der Waals surface area contributed by atoms with Gasteiger partial charge in [0.2, 0.25) is 0 Å². The average Bonchev–Trinajstić information content (AvgIpc) is 2.71. The van der Waals surface area contributed by atoms with E-state index in [1.165, 1.54) is 22.4 Å². The molecule has 3 aromatic carbocycles. The van der Waals surface area contributed by atoms with Crippen LogP contribution < -0.4 is 10.2 Å². The zero-order valence-corrected chi connectivity index (χ0v) is 16.1. The largest absolute Gasteiger partial charge is 0.478 e. The van der Waals surface area contributed by atoms with Gasteiger partial charge in [-0.1, -0.05) is 48.5 Å². The Balaban J connectivity index is 1.63. The van der Waals surface area contributed by atoms with Crippen LogP contribution in [0.5, 0.6) is 0 Å². The second-order valence-corrected chi connectivity index (χ2v) is 6.79. The lowest BCUT2D eigenvalue weighted by Crippen LogP contribution is -2.07. The molecule has 0 atom stereocenters. The molecule has 0 spiro atoms. The van der Waals surface area contributed by atoms with Crippen molar-refractivity contribution in [2.45, 2.75) is 6.54 Å². The van der Waals surface area contributed by atoms with Gasteiger partial charge in [-0.25, -0.2) is 4.79 Å². The standard InChI is InChI=1S/C24H24N2O2/c1-26(2)23-13-11-21(12-14-23)20-9-6-19(7-10-20)17-25-22-5-3-4-18(16-22)8-15-24(27)28/h3-16,25H,17H2,1-2H3,(H,27,28)/b15-8+. The van der Waals surface area contributed by atoms with E-state index in [4.69, 9.17) is 5.11 Å². The van der Waals surface area contributed by atoms with E-state index < -0.39 is 5.97 Å². The lowest BCUT2D eigenvalue weighted by atomic mass is 10.0. The van der Waals surface area contributed by atoms with Crippen LogP contribution in [0.15, 0.2) is 78.9 Å². The van der Waals surface area contributed by atoms with Crippen LogP contribution in [0.2, 0.25) is 0 Å². The van der Waals surface area contributed by atoms with Gasteiger partial charge in [0, 0.05) is 38.1 Å². The number of benzene rings is 3. The summed E-state index contributed by atoms with van der Waals surface area (Å²) in [6.07, 6.45) is 2.73. The molecule has 0 aliphatic heterocycles. The van der Waals surface area contributed by atoms with Crippen LogP contribution in [-0.2, 0) is 11.3 Å². The minimum atomic E-state index is -0.949. The van der Waals surface area contributed by atoms with Gasteiger partial charge in [-0.15, -0.1) is 0 Å². The highest BCUT2D eigenvalue weighted by Crippen LogP contribution is 2.23. The molecule has 0 aromatic heterocycles. The molecule has 0 heterocycles. The van der Waals surface area contributed by atoms with Gasteiger partial charge >= 0.3 is 5.97 Å². The minimum absolute atomic E-state index is 0.700. The first kappa shape index (κ1) is 19.2. The average molecular weight is 372 g/mol. The van der Waals surface area contributed by atoms with E-state index in [9.17, 15) is 4.79 Å². The van der Waals surface area contributed by atoms with Crippen LogP contribution in [0, 0.1) is 0 Å². The maximum atomic E-state index is 10.6. The quantitative estimate of drug-likeness (QED) is 0.565. The fourth-order valence-corrected chi connectivity index (χ4v) is 2.89. The zero-order valence-electron chi connectivity index (χ0n) is 16.1. The third-order valence-corrected chi connectivity index (χ3v) is 4.47. The molecule has 0 radical (unpaired) electrons. The zero-order chi connectivity index (χ0) is 19.9. The van der Waals surface area contributed by atoms with E-state index in [-0.39, 0.29) is 0 Å². The van der Waals surface area contributed by atoms with Gasteiger partial charge in [0.05, 0.1) is 0 Å². The molecule has 0 unspecified atom stereocenters. The van der Waals surface area contributed by atoms with Crippen molar-refractivity contribution in [2.24, 2.45) is 0 Å². The normalized spacial score (nSPS) is 10.8. The first-order valence-corrected chi connectivity index (χ1v) is 9.13. The Labute approximate surface area is 165 Å². The predicted octanol–water partition coefficient (Wildman–Crippen LogP) is 5.13. The Kier molecular flexibility index (Phi) is 6.12. The van der Waals surface area contributed by atoms with E-state index >= 15 is 0 Å². The highest BCUT2D eigenvalue weighted by Gasteiger charge is 2.01. The first-order chi connectivity index (χ1) is 13.5. The Morgan fingerprint density at radius 1 is 0.964 bits per heavy atom. The number of anilines is 2. The second-order valence-electron chi connectivity index (χ2n) is 6.79. The van der Waals surface area contributed by atoms with Crippen LogP contribution in [0.1, 0.15) is 11.1 Å². The molecule has 3 aromatic rings. The molecule has 0 fully saturated rings. The van der Waals surface area contributed by atoms with E-state index in [2.05, 4.69) is 58.7 Å². The van der Waals surface area contributed by atoms with Gasteiger partial charge in [-0.3, -0.25) is 0 Å². The lowest BCUT2D eigenvalue weighted by molar-refractivity contribution is -0.131. The third-order valence-electron chi connectivity index (χ3n) is 4.47. The molecule has 0 amide bonds. The summed E-state index contributed by atoms with van der Waals surface area (Å²) in [5.74, 6) is -0.949. The molecule has 0 aliphatic rings. The molecule has 0 bridgehead atoms. The SMILES string of the molecule is CN(C)c1ccc(-c2ccc(CNc3cccc(/C=C/C(=O)O)c3)cc2)cc1. The molecule has 142 valence electrons. The molecule has 28 heavy (non-hydrogen) atoms. The number of carboxylic acid groups (broad SMARTS) is 1. The second kappa shape index (κ2) is 8.91. The summed E-state index contributed by atoms with van der Waals surface area (Å²) >= 11 is 0. The number of aliphatic carboxylic acids is 1. The fraction of sp³-hybridized carbons (Fsp3) is 0.125. The number of nitrogens with one attached hydrogen (secondary N) is 1. The molecule has 4 heteroatoms. The molecule has 0 aliphatic carbocycles. The highest BCUT2D eigenvalue weighted by molar-refractivity contribution is 5.85. The van der Waals surface area contributed by atoms with Gasteiger partial charge in [0.25, 0.3) is 0 Å². The third kappa shape index (κ3) is 5.24. The molecule has 4 nitrogen and oxygen atoms in total. The lowest BCUT2D eigenvalue weighted by Gasteiger charge is -2.13. The van der Waals surface area contributed by atoms with Gasteiger partial charge < -0.3 is 15.3 Å². The molecule has 3 rings (SSSR count). The van der Waals surface area contributed by atoms with Gasteiger partial charge in [-0.2, -0.15) is 0 Å². The molecule has 2 N–H and O–H groups in total. The predicted molar refractivity (Wildman–Crippen MR) is 117 cm³/mol. The van der Waals surface area contributed by atoms with Crippen LogP contribution >= 0.6 is 0 Å². The summed E-state index contributed by atoms with van der Waals surface area (Å²) in [4.78, 5) is 12.7. The van der Waals surface area contributed by atoms with Crippen molar-refractivity contribution in [3.8, 4) is 11.1 Å². The monoisotopic (exact) mass is 372 g/mol. The van der Waals surface area contributed by atoms with E-state index in [1.807, 2.05) is 38.4 Å². The Hall–Kier alpha value is -3.53. The van der Waals surface area contributed by atoms with E-state index in [0.717, 1.165) is 17.3 Å². The van der Waals surface area contributed by atoms with Crippen molar-refractivity contribution >= 4 is 23.4 Å². The Morgan fingerprint density at radius 2 is 1.61 bits per heavy atom. The Bertz CT molecular complexity index is 959. The van der Waals surface area contributed by atoms with Crippen molar-refractivity contribution in [3.63, 3.8) is 0 Å². The minimum Gasteiger partial charge on any atom is -0.478 e. The number of hydrogen-bond donors (Lipinski definition) is 2. The van der Waals surface area contributed by atoms with Crippen molar-refractivity contribution in [2.75, 3.05) is 24.3 Å². The first-order valence-electron chi connectivity index (χ1n) is 9.13. The molecular formula is C24H24N2O2.